The Labute approximate surface area is 237 Å². The maximum atomic E-state index is 13.4. The third-order valence-electron chi connectivity index (χ3n) is 6.73. The first-order valence-electron chi connectivity index (χ1n) is 13.9. The molecule has 0 spiro atoms. The molecule has 1 aliphatic heterocycles. The minimum Gasteiger partial charge on any atom is -0.497 e. The van der Waals surface area contributed by atoms with E-state index in [1.165, 1.54) is 4.90 Å². The summed E-state index contributed by atoms with van der Waals surface area (Å²) in [5, 5.41) is 8.37. The van der Waals surface area contributed by atoms with Gasteiger partial charge in [-0.3, -0.25) is 9.48 Å². The van der Waals surface area contributed by atoms with Gasteiger partial charge in [0.05, 0.1) is 51.8 Å². The number of aromatic nitrogens is 3. The molecule has 1 aliphatic rings. The molecular weight excluding hydrogens is 514 g/mol. The molecule has 1 aromatic heterocycles. The molecular formula is C29H45N5O6. The Morgan fingerprint density at radius 2 is 1.98 bits per heavy atom. The van der Waals surface area contributed by atoms with Crippen LogP contribution in [0.2, 0.25) is 0 Å². The van der Waals surface area contributed by atoms with Crippen LogP contribution in [-0.4, -0.2) is 88.4 Å². The van der Waals surface area contributed by atoms with Crippen molar-refractivity contribution >= 4 is 12.0 Å². The van der Waals surface area contributed by atoms with Crippen molar-refractivity contribution in [1.82, 2.24) is 24.8 Å². The molecule has 40 heavy (non-hydrogen) atoms. The highest BCUT2D eigenvalue weighted by molar-refractivity contribution is 5.76. The highest BCUT2D eigenvalue weighted by atomic mass is 16.6. The van der Waals surface area contributed by atoms with Gasteiger partial charge in [0.2, 0.25) is 5.91 Å². The molecule has 2 bridgehead atoms. The lowest BCUT2D eigenvalue weighted by molar-refractivity contribution is -0.136. The van der Waals surface area contributed by atoms with Gasteiger partial charge in [-0.2, -0.15) is 0 Å². The van der Waals surface area contributed by atoms with Crippen LogP contribution in [0.3, 0.4) is 0 Å². The number of ether oxygens (including phenoxy) is 4. The molecule has 2 amide bonds. The molecule has 1 aromatic carbocycles. The maximum Gasteiger partial charge on any atom is 0.410 e. The lowest BCUT2D eigenvalue weighted by Crippen LogP contribution is -2.48. The van der Waals surface area contributed by atoms with Crippen molar-refractivity contribution in [2.75, 3.05) is 33.9 Å². The zero-order valence-corrected chi connectivity index (χ0v) is 25.0. The molecule has 0 N–H and O–H groups in total. The smallest absolute Gasteiger partial charge is 0.410 e. The second-order valence-corrected chi connectivity index (χ2v) is 11.5. The largest absolute Gasteiger partial charge is 0.497 e. The van der Waals surface area contributed by atoms with Crippen molar-refractivity contribution in [3.8, 4) is 5.75 Å². The van der Waals surface area contributed by atoms with E-state index < -0.39 is 11.7 Å². The molecule has 11 heteroatoms. The maximum absolute atomic E-state index is 13.4. The Kier molecular flexibility index (Phi) is 11.3. The third-order valence-corrected chi connectivity index (χ3v) is 6.73. The van der Waals surface area contributed by atoms with Crippen LogP contribution in [0.4, 0.5) is 4.79 Å². The van der Waals surface area contributed by atoms with Gasteiger partial charge < -0.3 is 28.7 Å². The molecule has 3 rings (SSSR count). The van der Waals surface area contributed by atoms with Crippen molar-refractivity contribution in [1.29, 1.82) is 0 Å². The summed E-state index contributed by atoms with van der Waals surface area (Å²) in [6.45, 7) is 12.0. The van der Waals surface area contributed by atoms with E-state index in [0.717, 1.165) is 11.3 Å². The van der Waals surface area contributed by atoms with Crippen LogP contribution in [0.25, 0.3) is 0 Å². The van der Waals surface area contributed by atoms with E-state index in [1.807, 2.05) is 70.0 Å². The van der Waals surface area contributed by atoms with Gasteiger partial charge in [-0.25, -0.2) is 4.79 Å². The number of fused-ring (bicyclic) bond motifs is 2. The van der Waals surface area contributed by atoms with Gasteiger partial charge >= 0.3 is 6.09 Å². The van der Waals surface area contributed by atoms with Gasteiger partial charge in [0.15, 0.2) is 0 Å². The van der Waals surface area contributed by atoms with Crippen molar-refractivity contribution in [2.45, 2.75) is 85.0 Å². The summed E-state index contributed by atoms with van der Waals surface area (Å²) in [4.78, 5) is 29.5. The molecule has 0 unspecified atom stereocenters. The number of amides is 2. The number of rotatable bonds is 8. The van der Waals surface area contributed by atoms with Crippen LogP contribution in [0.1, 0.15) is 58.7 Å². The quantitative estimate of drug-likeness (QED) is 0.479. The summed E-state index contributed by atoms with van der Waals surface area (Å²) in [5.74, 6) is 0.753. The van der Waals surface area contributed by atoms with Gasteiger partial charge in [-0.05, 0) is 51.8 Å². The molecule has 0 saturated carbocycles. The minimum absolute atomic E-state index is 0.0474. The van der Waals surface area contributed by atoms with Crippen LogP contribution in [-0.2, 0) is 38.8 Å². The molecule has 222 valence electrons. The summed E-state index contributed by atoms with van der Waals surface area (Å²) in [5.41, 5.74) is 1.13. The second-order valence-electron chi connectivity index (χ2n) is 11.5. The van der Waals surface area contributed by atoms with Gasteiger partial charge in [-0.1, -0.05) is 24.3 Å². The number of nitrogens with zero attached hydrogens (tertiary/aromatic N) is 5. The second kappa shape index (κ2) is 14.5. The first-order valence-corrected chi connectivity index (χ1v) is 13.9. The molecule has 0 aliphatic carbocycles. The molecule has 2 heterocycles. The number of benzene rings is 1. The Morgan fingerprint density at radius 1 is 1.25 bits per heavy atom. The zero-order valence-electron chi connectivity index (χ0n) is 25.0. The average molecular weight is 560 g/mol. The molecule has 0 fully saturated rings. The van der Waals surface area contributed by atoms with E-state index in [4.69, 9.17) is 18.9 Å². The fraction of sp³-hybridized carbons (Fsp3) is 0.655. The number of hydrogen-bond acceptors (Lipinski definition) is 8. The fourth-order valence-electron chi connectivity index (χ4n) is 4.44. The highest BCUT2D eigenvalue weighted by Gasteiger charge is 2.30. The van der Waals surface area contributed by atoms with Crippen LogP contribution < -0.4 is 4.74 Å². The van der Waals surface area contributed by atoms with Gasteiger partial charge in [0.1, 0.15) is 17.0 Å². The lowest BCUT2D eigenvalue weighted by atomic mass is 10.0. The molecule has 0 saturated heterocycles. The number of carbonyl (C=O) groups is 2. The van der Waals surface area contributed by atoms with E-state index >= 15 is 0 Å². The van der Waals surface area contributed by atoms with Crippen LogP contribution >= 0.6 is 0 Å². The monoisotopic (exact) mass is 559 g/mol. The summed E-state index contributed by atoms with van der Waals surface area (Å²) in [6, 6.07) is 7.58. The fourth-order valence-corrected chi connectivity index (χ4v) is 4.44. The molecule has 2 aromatic rings. The number of methoxy groups -OCH3 is 1. The van der Waals surface area contributed by atoms with E-state index in [2.05, 4.69) is 10.3 Å². The summed E-state index contributed by atoms with van der Waals surface area (Å²) < 4.78 is 24.8. The van der Waals surface area contributed by atoms with E-state index in [0.29, 0.717) is 51.4 Å². The Morgan fingerprint density at radius 3 is 2.65 bits per heavy atom. The van der Waals surface area contributed by atoms with E-state index in [-0.39, 0.29) is 30.6 Å². The van der Waals surface area contributed by atoms with Gasteiger partial charge in [0, 0.05) is 32.5 Å². The predicted molar refractivity (Wildman–Crippen MR) is 150 cm³/mol. The first kappa shape index (κ1) is 31.3. The van der Waals surface area contributed by atoms with E-state index in [1.54, 1.807) is 18.8 Å². The predicted octanol–water partition coefficient (Wildman–Crippen LogP) is 3.90. The summed E-state index contributed by atoms with van der Waals surface area (Å²) >= 11 is 0. The molecule has 11 nitrogen and oxygen atoms in total. The average Bonchev–Trinajstić information content (AvgIpc) is 3.35. The topological polar surface area (TPSA) is 108 Å². The van der Waals surface area contributed by atoms with Crippen molar-refractivity contribution in [3.05, 3.63) is 41.7 Å². The van der Waals surface area contributed by atoms with E-state index in [9.17, 15) is 9.59 Å². The van der Waals surface area contributed by atoms with Crippen molar-refractivity contribution < 1.29 is 28.5 Å². The van der Waals surface area contributed by atoms with Crippen molar-refractivity contribution in [3.63, 3.8) is 0 Å². The van der Waals surface area contributed by atoms with Crippen molar-refractivity contribution in [2.24, 2.45) is 5.92 Å². The van der Waals surface area contributed by atoms with Gasteiger partial charge in [0.25, 0.3) is 0 Å². The summed E-state index contributed by atoms with van der Waals surface area (Å²) in [6.07, 6.45) is 2.08. The Bertz CT molecular complexity index is 1080. The third kappa shape index (κ3) is 9.78. The Hall–Kier alpha value is -3.18. The van der Waals surface area contributed by atoms with Crippen LogP contribution in [0.5, 0.6) is 5.75 Å². The number of carbonyl (C=O) groups excluding carboxylic acids is 2. The lowest BCUT2D eigenvalue weighted by Gasteiger charge is -2.35. The standard InChI is InChI=1S/C29H45N5O6/c1-21-15-34(22(2)18-38-19-23-10-12-25(37-7)13-11-23)27(35)9-8-14-33-16-24(30-31-33)20-39-26(21)17-32(6)28(36)40-29(3,4)5/h10-13,16,21-22,26H,8-9,14-15,17-20H2,1-7H3/t21-,22+,26-/m0/s1. The number of aryl methyl sites for hydroxylation is 1. The molecule has 0 radical (unpaired) electrons. The SMILES string of the molecule is COc1ccc(COC[C@@H](C)N2C[C@H](C)[C@H](CN(C)C(=O)OC(C)(C)C)OCc3cn(nn3)CCCC2=O)cc1. The molecule has 3 atom stereocenters. The zero-order chi connectivity index (χ0) is 29.3. The first-order chi connectivity index (χ1) is 18.9. The number of hydrogen-bond donors (Lipinski definition) is 0. The minimum atomic E-state index is -0.606. The number of likely N-dealkylation sites (N-methyl/N-ethyl adjacent to an activating group) is 1. The van der Waals surface area contributed by atoms with Crippen LogP contribution in [0.15, 0.2) is 30.5 Å². The summed E-state index contributed by atoms with van der Waals surface area (Å²) in [7, 11) is 3.33. The Balaban J connectivity index is 1.71. The highest BCUT2D eigenvalue weighted by Crippen LogP contribution is 2.19. The van der Waals surface area contributed by atoms with Crippen LogP contribution in [0, 0.1) is 5.92 Å². The normalized spacial score (nSPS) is 19.7. The van der Waals surface area contributed by atoms with Gasteiger partial charge in [-0.15, -0.1) is 5.10 Å².